The Bertz CT molecular complexity index is 231. The Hall–Kier alpha value is -0.790. The molecule has 1 aliphatic rings. The number of hydrogen-bond acceptors (Lipinski definition) is 2. The minimum absolute atomic E-state index is 0.496. The summed E-state index contributed by atoms with van der Waals surface area (Å²) in [4.78, 5) is 0. The molecule has 1 heterocycles. The van der Waals surface area contributed by atoms with Crippen LogP contribution in [0.5, 0.6) is 0 Å². The van der Waals surface area contributed by atoms with Gasteiger partial charge in [-0.25, -0.2) is 0 Å². The number of rotatable bonds is 7. The molecule has 0 aromatic heterocycles. The fraction of sp³-hybridized carbons (Fsp3) is 0.769. The van der Waals surface area contributed by atoms with E-state index in [-0.39, 0.29) is 0 Å². The second-order valence-electron chi connectivity index (χ2n) is 4.50. The van der Waals surface area contributed by atoms with E-state index in [1.807, 2.05) is 0 Å². The van der Waals surface area contributed by atoms with E-state index < -0.39 is 0 Å². The molecule has 0 saturated carbocycles. The van der Waals surface area contributed by atoms with Gasteiger partial charge in [-0.3, -0.25) is 5.43 Å². The smallest absolute Gasteiger partial charge is 0.0441 e. The summed E-state index contributed by atoms with van der Waals surface area (Å²) in [6.07, 6.45) is 9.38. The van der Waals surface area contributed by atoms with Gasteiger partial charge in [0.2, 0.25) is 0 Å². The summed E-state index contributed by atoms with van der Waals surface area (Å²) in [5.41, 5.74) is 5.26. The number of unbranched alkanes of at least 4 members (excludes halogenated alkanes) is 5. The molecule has 86 valence electrons. The molecule has 1 unspecified atom stereocenters. The number of hydrogen-bond donors (Lipinski definition) is 1. The summed E-state index contributed by atoms with van der Waals surface area (Å²) in [5, 5.41) is 4.19. The lowest BCUT2D eigenvalue weighted by Gasteiger charge is -2.10. The third-order valence-electron chi connectivity index (χ3n) is 3.15. The average molecular weight is 208 g/mol. The zero-order chi connectivity index (χ0) is 11.1. The summed E-state index contributed by atoms with van der Waals surface area (Å²) in [7, 11) is 0. The van der Waals surface area contributed by atoms with Crippen LogP contribution in [0.4, 0.5) is 0 Å². The molecule has 1 aliphatic heterocycles. The van der Waals surface area contributed by atoms with Gasteiger partial charge in [0, 0.05) is 17.3 Å². The third kappa shape index (κ3) is 4.06. The van der Waals surface area contributed by atoms with Gasteiger partial charge in [0.15, 0.2) is 0 Å². The predicted octanol–water partition coefficient (Wildman–Crippen LogP) is 3.85. The van der Waals surface area contributed by atoms with Gasteiger partial charge < -0.3 is 0 Å². The Labute approximate surface area is 93.8 Å². The lowest BCUT2D eigenvalue weighted by molar-refractivity contribution is 0.563. The van der Waals surface area contributed by atoms with Crippen LogP contribution in [0.25, 0.3) is 0 Å². The molecule has 0 saturated heterocycles. The zero-order valence-corrected chi connectivity index (χ0v) is 10.2. The van der Waals surface area contributed by atoms with Crippen molar-refractivity contribution in [2.45, 2.75) is 58.8 Å². The van der Waals surface area contributed by atoms with E-state index in [0.29, 0.717) is 5.92 Å². The van der Waals surface area contributed by atoms with Gasteiger partial charge >= 0.3 is 0 Å². The van der Waals surface area contributed by atoms with Gasteiger partial charge in [-0.2, -0.15) is 5.10 Å². The molecular weight excluding hydrogens is 184 g/mol. The van der Waals surface area contributed by atoms with Crippen LogP contribution < -0.4 is 5.43 Å². The highest BCUT2D eigenvalue weighted by Gasteiger charge is 2.20. The van der Waals surface area contributed by atoms with Crippen LogP contribution in [0.2, 0.25) is 0 Å². The molecule has 2 nitrogen and oxygen atoms in total. The number of nitrogens with one attached hydrogen (secondary N) is 1. The molecular formula is C13H24N2. The number of nitrogens with zero attached hydrogens (tertiary/aromatic N) is 1. The van der Waals surface area contributed by atoms with Crippen LogP contribution in [0, 0.1) is 5.92 Å². The zero-order valence-electron chi connectivity index (χ0n) is 10.2. The SMILES string of the molecule is C=C1NN=C(C)C1CCCCCCCC. The first kappa shape index (κ1) is 12.3. The van der Waals surface area contributed by atoms with Crippen LogP contribution in [0.1, 0.15) is 58.8 Å². The van der Waals surface area contributed by atoms with Crippen LogP contribution in [-0.2, 0) is 0 Å². The first-order valence-corrected chi connectivity index (χ1v) is 6.24. The highest BCUT2D eigenvalue weighted by atomic mass is 15.3. The maximum absolute atomic E-state index is 4.19. The predicted molar refractivity (Wildman–Crippen MR) is 66.9 cm³/mol. The van der Waals surface area contributed by atoms with Crippen LogP contribution in [0.15, 0.2) is 17.4 Å². The van der Waals surface area contributed by atoms with Crippen LogP contribution >= 0.6 is 0 Å². The second kappa shape index (κ2) is 6.65. The largest absolute Gasteiger partial charge is 0.283 e. The molecule has 0 spiro atoms. The minimum atomic E-state index is 0.496. The van der Waals surface area contributed by atoms with Gasteiger partial charge in [0.1, 0.15) is 0 Å². The quantitative estimate of drug-likeness (QED) is 0.631. The van der Waals surface area contributed by atoms with E-state index in [2.05, 4.69) is 31.0 Å². The minimum Gasteiger partial charge on any atom is -0.283 e. The molecule has 1 rings (SSSR count). The topological polar surface area (TPSA) is 24.4 Å². The molecule has 15 heavy (non-hydrogen) atoms. The van der Waals surface area contributed by atoms with Crippen molar-refractivity contribution in [2.75, 3.05) is 0 Å². The first-order chi connectivity index (χ1) is 7.25. The lowest BCUT2D eigenvalue weighted by Crippen LogP contribution is -2.10. The Balaban J connectivity index is 2.05. The van der Waals surface area contributed by atoms with Crippen LogP contribution in [-0.4, -0.2) is 5.71 Å². The monoisotopic (exact) mass is 208 g/mol. The lowest BCUT2D eigenvalue weighted by atomic mass is 9.95. The first-order valence-electron chi connectivity index (χ1n) is 6.24. The Morgan fingerprint density at radius 2 is 1.87 bits per heavy atom. The van der Waals surface area contributed by atoms with Crippen molar-refractivity contribution in [1.82, 2.24) is 5.43 Å². The van der Waals surface area contributed by atoms with Crippen molar-refractivity contribution in [2.24, 2.45) is 11.0 Å². The number of allylic oxidation sites excluding steroid dienone is 1. The third-order valence-corrected chi connectivity index (χ3v) is 3.15. The molecule has 0 aliphatic carbocycles. The summed E-state index contributed by atoms with van der Waals surface area (Å²) in [6.45, 7) is 8.34. The van der Waals surface area contributed by atoms with Crippen LogP contribution in [0.3, 0.4) is 0 Å². The van der Waals surface area contributed by atoms with Crippen molar-refractivity contribution in [3.8, 4) is 0 Å². The molecule has 2 heteroatoms. The molecule has 0 radical (unpaired) electrons. The molecule has 0 bridgehead atoms. The summed E-state index contributed by atoms with van der Waals surface area (Å²) in [6, 6.07) is 0. The normalized spacial score (nSPS) is 20.3. The van der Waals surface area contributed by atoms with E-state index in [1.54, 1.807) is 0 Å². The van der Waals surface area contributed by atoms with Gasteiger partial charge in [-0.05, 0) is 13.3 Å². The highest BCUT2D eigenvalue weighted by molar-refractivity contribution is 5.88. The Kier molecular flexibility index (Phi) is 5.44. The molecule has 0 fully saturated rings. The summed E-state index contributed by atoms with van der Waals surface area (Å²) >= 11 is 0. The summed E-state index contributed by atoms with van der Waals surface area (Å²) in [5.74, 6) is 0.496. The molecule has 0 aromatic carbocycles. The molecule has 0 amide bonds. The number of hydrazone groups is 1. The van der Waals surface area contributed by atoms with E-state index in [1.165, 1.54) is 50.7 Å². The van der Waals surface area contributed by atoms with Crippen molar-refractivity contribution in [3.63, 3.8) is 0 Å². The standard InChI is InChI=1S/C13H24N2/c1-4-5-6-7-8-9-10-13-11(2)14-15-12(13)3/h13-14H,2,4-10H2,1,3H3. The Morgan fingerprint density at radius 1 is 1.20 bits per heavy atom. The van der Waals surface area contributed by atoms with Gasteiger partial charge in [-0.1, -0.05) is 52.0 Å². The Morgan fingerprint density at radius 3 is 2.47 bits per heavy atom. The second-order valence-corrected chi connectivity index (χ2v) is 4.50. The van der Waals surface area contributed by atoms with E-state index in [0.717, 1.165) is 5.70 Å². The van der Waals surface area contributed by atoms with E-state index in [4.69, 9.17) is 0 Å². The van der Waals surface area contributed by atoms with E-state index in [9.17, 15) is 0 Å². The maximum atomic E-state index is 4.19. The van der Waals surface area contributed by atoms with Gasteiger partial charge in [0.25, 0.3) is 0 Å². The average Bonchev–Trinajstić information content (AvgIpc) is 2.54. The highest BCUT2D eigenvalue weighted by Crippen LogP contribution is 2.22. The van der Waals surface area contributed by atoms with Crippen molar-refractivity contribution in [1.29, 1.82) is 0 Å². The fourth-order valence-electron chi connectivity index (χ4n) is 2.08. The van der Waals surface area contributed by atoms with E-state index >= 15 is 0 Å². The van der Waals surface area contributed by atoms with Crippen molar-refractivity contribution < 1.29 is 0 Å². The van der Waals surface area contributed by atoms with Gasteiger partial charge in [-0.15, -0.1) is 0 Å². The summed E-state index contributed by atoms with van der Waals surface area (Å²) < 4.78 is 0. The van der Waals surface area contributed by atoms with Crippen molar-refractivity contribution in [3.05, 3.63) is 12.3 Å². The molecule has 1 N–H and O–H groups in total. The van der Waals surface area contributed by atoms with Gasteiger partial charge in [0.05, 0.1) is 0 Å². The van der Waals surface area contributed by atoms with Crippen molar-refractivity contribution >= 4 is 5.71 Å². The molecule has 1 atom stereocenters. The fourth-order valence-corrected chi connectivity index (χ4v) is 2.08. The maximum Gasteiger partial charge on any atom is 0.0441 e. The molecule has 0 aromatic rings.